The molecule has 0 aliphatic carbocycles. The lowest BCUT2D eigenvalue weighted by Gasteiger charge is -2.09. The van der Waals surface area contributed by atoms with Crippen LogP contribution >= 0.6 is 15.9 Å². The van der Waals surface area contributed by atoms with Crippen LogP contribution < -0.4 is 10.0 Å². The van der Waals surface area contributed by atoms with E-state index in [4.69, 9.17) is 0 Å². The van der Waals surface area contributed by atoms with E-state index < -0.39 is 14.9 Å². The van der Waals surface area contributed by atoms with E-state index in [0.717, 1.165) is 6.20 Å². The summed E-state index contributed by atoms with van der Waals surface area (Å²) >= 11 is 3.13. The fourth-order valence-electron chi connectivity index (χ4n) is 1.34. The van der Waals surface area contributed by atoms with Gasteiger partial charge < -0.3 is 5.32 Å². The molecule has 1 aromatic rings. The highest BCUT2D eigenvalue weighted by atomic mass is 79.9. The van der Waals surface area contributed by atoms with Crippen LogP contribution in [0.4, 0.5) is 11.4 Å². The third-order valence-electron chi connectivity index (χ3n) is 2.11. The summed E-state index contributed by atoms with van der Waals surface area (Å²) in [7, 11) is -3.36. The molecule has 2 N–H and O–H groups in total. The number of sulfonamides is 1. The summed E-state index contributed by atoms with van der Waals surface area (Å²) in [4.78, 5) is 13.9. The van der Waals surface area contributed by atoms with E-state index in [-0.39, 0.29) is 23.7 Å². The van der Waals surface area contributed by atoms with Crippen LogP contribution in [0.5, 0.6) is 0 Å². The van der Waals surface area contributed by atoms with Crippen LogP contribution in [-0.4, -0.2) is 37.2 Å². The van der Waals surface area contributed by atoms with Gasteiger partial charge in [0, 0.05) is 19.3 Å². The van der Waals surface area contributed by atoms with Crippen molar-refractivity contribution in [3.63, 3.8) is 0 Å². The van der Waals surface area contributed by atoms with Gasteiger partial charge in [-0.1, -0.05) is 6.92 Å². The van der Waals surface area contributed by atoms with Crippen molar-refractivity contribution in [2.24, 2.45) is 0 Å². The highest BCUT2D eigenvalue weighted by molar-refractivity contribution is 9.10. The van der Waals surface area contributed by atoms with Crippen LogP contribution in [0.1, 0.15) is 6.92 Å². The molecule has 8 nitrogen and oxygen atoms in total. The number of anilines is 1. The zero-order valence-electron chi connectivity index (χ0n) is 10.1. The number of halogens is 1. The van der Waals surface area contributed by atoms with Crippen molar-refractivity contribution in [3.05, 3.63) is 27.0 Å². The average Bonchev–Trinajstić information content (AvgIpc) is 2.30. The minimum absolute atomic E-state index is 0.0544. The number of nitrogens with one attached hydrogen (secondary N) is 2. The fraction of sp³-hybridized carbons (Fsp3) is 0.444. The molecule has 0 aliphatic rings. The Morgan fingerprint density at radius 3 is 2.74 bits per heavy atom. The Morgan fingerprint density at radius 2 is 2.16 bits per heavy atom. The maximum absolute atomic E-state index is 11.4. The van der Waals surface area contributed by atoms with E-state index in [1.165, 1.54) is 6.20 Å². The van der Waals surface area contributed by atoms with Gasteiger partial charge in [0.1, 0.15) is 11.9 Å². The molecule has 0 amide bonds. The molecule has 19 heavy (non-hydrogen) atoms. The topological polar surface area (TPSA) is 114 Å². The van der Waals surface area contributed by atoms with Gasteiger partial charge >= 0.3 is 5.69 Å². The Labute approximate surface area is 118 Å². The second-order valence-electron chi connectivity index (χ2n) is 3.52. The van der Waals surface area contributed by atoms with Crippen molar-refractivity contribution in [3.8, 4) is 0 Å². The van der Waals surface area contributed by atoms with Gasteiger partial charge in [0.05, 0.1) is 15.1 Å². The summed E-state index contributed by atoms with van der Waals surface area (Å²) in [6.07, 6.45) is 2.50. The van der Waals surface area contributed by atoms with Gasteiger partial charge in [0.25, 0.3) is 0 Å². The molecule has 10 heteroatoms. The predicted molar refractivity (Wildman–Crippen MR) is 74.5 cm³/mol. The number of aromatic nitrogens is 1. The smallest absolute Gasteiger partial charge is 0.311 e. The molecular weight excluding hydrogens is 340 g/mol. The lowest BCUT2D eigenvalue weighted by Crippen LogP contribution is -2.29. The van der Waals surface area contributed by atoms with Crippen LogP contribution in [0.3, 0.4) is 0 Å². The molecule has 1 heterocycles. The number of nitro groups is 1. The average molecular weight is 353 g/mol. The molecule has 1 aromatic heterocycles. The number of nitrogens with zero attached hydrogens (tertiary/aromatic N) is 2. The Hall–Kier alpha value is -1.26. The summed E-state index contributed by atoms with van der Waals surface area (Å²) in [5.74, 6) is -0.174. The van der Waals surface area contributed by atoms with Gasteiger partial charge in [-0.05, 0) is 15.9 Å². The van der Waals surface area contributed by atoms with E-state index in [1.807, 2.05) is 0 Å². The molecule has 0 bridgehead atoms. The first kappa shape index (κ1) is 15.8. The van der Waals surface area contributed by atoms with Crippen molar-refractivity contribution >= 4 is 37.3 Å². The first-order valence-electron chi connectivity index (χ1n) is 5.36. The maximum atomic E-state index is 11.4. The van der Waals surface area contributed by atoms with Crippen LogP contribution in [0.25, 0.3) is 0 Å². The minimum Gasteiger partial charge on any atom is -0.377 e. The molecule has 0 saturated heterocycles. The summed E-state index contributed by atoms with van der Waals surface area (Å²) in [5.41, 5.74) is 0.00178. The van der Waals surface area contributed by atoms with Gasteiger partial charge in [-0.15, -0.1) is 0 Å². The van der Waals surface area contributed by atoms with Crippen LogP contribution in [0.15, 0.2) is 16.9 Å². The SMILES string of the molecule is CCNS(=O)(=O)CCNc1c(Br)cncc1[N+](=O)[O-]. The Bertz CT molecular complexity index is 563. The third kappa shape index (κ3) is 4.73. The number of rotatable bonds is 7. The summed E-state index contributed by atoms with van der Waals surface area (Å²) in [6.45, 7) is 2.04. The van der Waals surface area contributed by atoms with Crippen molar-refractivity contribution < 1.29 is 13.3 Å². The molecule has 0 fully saturated rings. The molecular formula is C9H13BrN4O4S. The van der Waals surface area contributed by atoms with Crippen LogP contribution in [-0.2, 0) is 10.0 Å². The molecule has 0 saturated carbocycles. The third-order valence-corrected chi connectivity index (χ3v) is 4.18. The lowest BCUT2D eigenvalue weighted by atomic mass is 10.3. The molecule has 106 valence electrons. The van der Waals surface area contributed by atoms with Crippen molar-refractivity contribution in [2.45, 2.75) is 6.92 Å². The monoisotopic (exact) mass is 352 g/mol. The number of hydrogen-bond donors (Lipinski definition) is 2. The van der Waals surface area contributed by atoms with E-state index >= 15 is 0 Å². The largest absolute Gasteiger partial charge is 0.377 e. The van der Waals surface area contributed by atoms with Gasteiger partial charge in [0.15, 0.2) is 0 Å². The van der Waals surface area contributed by atoms with E-state index in [0.29, 0.717) is 11.0 Å². The van der Waals surface area contributed by atoms with Gasteiger partial charge in [-0.3, -0.25) is 15.1 Å². The van der Waals surface area contributed by atoms with Crippen molar-refractivity contribution in [1.82, 2.24) is 9.71 Å². The van der Waals surface area contributed by atoms with Crippen LogP contribution in [0.2, 0.25) is 0 Å². The Kier molecular flexibility index (Phi) is 5.63. The highest BCUT2D eigenvalue weighted by Gasteiger charge is 2.17. The van der Waals surface area contributed by atoms with Crippen molar-refractivity contribution in [2.75, 3.05) is 24.2 Å². The summed E-state index contributed by atoms with van der Waals surface area (Å²) < 4.78 is 25.6. The first-order valence-corrected chi connectivity index (χ1v) is 7.81. The quantitative estimate of drug-likeness (QED) is 0.561. The van der Waals surface area contributed by atoms with E-state index in [1.54, 1.807) is 6.92 Å². The maximum Gasteiger partial charge on any atom is 0.311 e. The Morgan fingerprint density at radius 1 is 1.47 bits per heavy atom. The number of pyridine rings is 1. The van der Waals surface area contributed by atoms with Crippen LogP contribution in [0, 0.1) is 10.1 Å². The minimum atomic E-state index is -3.36. The molecule has 0 aliphatic heterocycles. The molecule has 1 rings (SSSR count). The molecule has 0 aromatic carbocycles. The van der Waals surface area contributed by atoms with E-state index in [2.05, 4.69) is 31.0 Å². The zero-order valence-corrected chi connectivity index (χ0v) is 12.5. The normalized spacial score (nSPS) is 11.3. The van der Waals surface area contributed by atoms with Crippen molar-refractivity contribution in [1.29, 1.82) is 0 Å². The molecule has 0 spiro atoms. The van der Waals surface area contributed by atoms with Gasteiger partial charge in [-0.2, -0.15) is 0 Å². The lowest BCUT2D eigenvalue weighted by molar-refractivity contribution is -0.384. The molecule has 0 unspecified atom stereocenters. The van der Waals surface area contributed by atoms with Gasteiger partial charge in [-0.25, -0.2) is 13.1 Å². The fourth-order valence-corrected chi connectivity index (χ4v) is 2.76. The summed E-state index contributed by atoms with van der Waals surface area (Å²) in [6, 6.07) is 0. The standard InChI is InChI=1S/C9H13BrN4O4S/c1-2-13-19(17,18)4-3-12-9-7(10)5-11-6-8(9)14(15)16/h5-6,13H,2-4H2,1H3,(H,11,12). The highest BCUT2D eigenvalue weighted by Crippen LogP contribution is 2.30. The summed E-state index contributed by atoms with van der Waals surface area (Å²) in [5, 5.41) is 13.5. The molecule has 0 atom stereocenters. The first-order chi connectivity index (χ1) is 8.87. The second kappa shape index (κ2) is 6.78. The molecule has 0 radical (unpaired) electrons. The second-order valence-corrected chi connectivity index (χ2v) is 6.30. The number of hydrogen-bond acceptors (Lipinski definition) is 6. The Balaban J connectivity index is 2.76. The van der Waals surface area contributed by atoms with E-state index in [9.17, 15) is 18.5 Å². The zero-order chi connectivity index (χ0) is 14.5. The predicted octanol–water partition coefficient (Wildman–Crippen LogP) is 1.10. The van der Waals surface area contributed by atoms with Gasteiger partial charge in [0.2, 0.25) is 10.0 Å².